The topological polar surface area (TPSA) is 75.9 Å². The van der Waals surface area contributed by atoms with Gasteiger partial charge in [-0.15, -0.1) is 5.10 Å². The standard InChI is InChI=1S/C25H25FN6O/c1-3-31(4-2)20-13-11-18(12-14-20)16-28-25-29-23(19-8-7-15-27-17-19)30-32(25)24(33)21-9-5-6-10-22(21)26/h5-15,17H,3-4,16H2,1-2H3,(H,28,29,30). The van der Waals surface area contributed by atoms with Gasteiger partial charge in [0.05, 0.1) is 5.56 Å². The summed E-state index contributed by atoms with van der Waals surface area (Å²) in [6.45, 7) is 6.55. The summed E-state index contributed by atoms with van der Waals surface area (Å²) in [5.41, 5.74) is 2.75. The van der Waals surface area contributed by atoms with E-state index in [0.29, 0.717) is 17.9 Å². The van der Waals surface area contributed by atoms with Crippen LogP contribution in [0.15, 0.2) is 73.1 Å². The molecule has 0 amide bonds. The van der Waals surface area contributed by atoms with Crippen molar-refractivity contribution in [3.05, 3.63) is 90.0 Å². The van der Waals surface area contributed by atoms with Gasteiger partial charge in [-0.1, -0.05) is 24.3 Å². The van der Waals surface area contributed by atoms with Crippen molar-refractivity contribution in [2.75, 3.05) is 23.3 Å². The minimum atomic E-state index is -0.612. The number of benzene rings is 2. The molecular weight excluding hydrogens is 419 g/mol. The number of nitrogens with zero attached hydrogens (tertiary/aromatic N) is 5. The average molecular weight is 445 g/mol. The fraction of sp³-hybridized carbons (Fsp3) is 0.200. The Bertz CT molecular complexity index is 1220. The van der Waals surface area contributed by atoms with Crippen LogP contribution in [-0.4, -0.2) is 38.7 Å². The molecule has 0 spiro atoms. The van der Waals surface area contributed by atoms with Crippen LogP contribution in [0.25, 0.3) is 11.4 Å². The van der Waals surface area contributed by atoms with Gasteiger partial charge in [0.25, 0.3) is 5.91 Å². The lowest BCUT2D eigenvalue weighted by Gasteiger charge is -2.21. The highest BCUT2D eigenvalue weighted by molar-refractivity contribution is 5.97. The molecule has 0 atom stereocenters. The Labute approximate surface area is 191 Å². The lowest BCUT2D eigenvalue weighted by atomic mass is 10.2. The number of hydrogen-bond donors (Lipinski definition) is 1. The Morgan fingerprint density at radius 2 is 1.79 bits per heavy atom. The van der Waals surface area contributed by atoms with E-state index in [1.807, 2.05) is 12.1 Å². The first-order valence-corrected chi connectivity index (χ1v) is 10.8. The minimum Gasteiger partial charge on any atom is -0.372 e. The van der Waals surface area contributed by atoms with Gasteiger partial charge in [0, 0.05) is 43.3 Å². The van der Waals surface area contributed by atoms with Crippen LogP contribution >= 0.6 is 0 Å². The molecule has 0 saturated heterocycles. The average Bonchev–Trinajstić information content (AvgIpc) is 3.29. The van der Waals surface area contributed by atoms with Crippen LogP contribution in [0, 0.1) is 5.82 Å². The van der Waals surface area contributed by atoms with E-state index in [0.717, 1.165) is 29.0 Å². The molecule has 1 N–H and O–H groups in total. The summed E-state index contributed by atoms with van der Waals surface area (Å²) in [6, 6.07) is 17.6. The molecule has 168 valence electrons. The lowest BCUT2D eigenvalue weighted by molar-refractivity contribution is 0.0943. The first kappa shape index (κ1) is 22.1. The van der Waals surface area contributed by atoms with E-state index < -0.39 is 11.7 Å². The summed E-state index contributed by atoms with van der Waals surface area (Å²) in [6.07, 6.45) is 3.26. The van der Waals surface area contributed by atoms with Gasteiger partial charge in [-0.2, -0.15) is 9.67 Å². The molecule has 8 heteroatoms. The number of hydrogen-bond acceptors (Lipinski definition) is 6. The summed E-state index contributed by atoms with van der Waals surface area (Å²) >= 11 is 0. The van der Waals surface area contributed by atoms with Crippen molar-refractivity contribution in [2.45, 2.75) is 20.4 Å². The molecule has 0 unspecified atom stereocenters. The van der Waals surface area contributed by atoms with Gasteiger partial charge < -0.3 is 10.2 Å². The van der Waals surface area contributed by atoms with Crippen molar-refractivity contribution in [1.29, 1.82) is 0 Å². The molecular formula is C25H25FN6O. The molecule has 0 saturated carbocycles. The van der Waals surface area contributed by atoms with Gasteiger partial charge in [-0.05, 0) is 55.8 Å². The predicted octanol–water partition coefficient (Wildman–Crippen LogP) is 4.63. The Morgan fingerprint density at radius 3 is 2.45 bits per heavy atom. The molecule has 0 bridgehead atoms. The zero-order chi connectivity index (χ0) is 23.2. The van der Waals surface area contributed by atoms with E-state index in [4.69, 9.17) is 0 Å². The number of anilines is 2. The zero-order valence-electron chi connectivity index (χ0n) is 18.6. The Hall–Kier alpha value is -4.07. The van der Waals surface area contributed by atoms with Gasteiger partial charge in [0.2, 0.25) is 5.95 Å². The van der Waals surface area contributed by atoms with E-state index in [1.165, 1.54) is 18.2 Å². The van der Waals surface area contributed by atoms with Crippen LogP contribution in [-0.2, 0) is 6.54 Å². The van der Waals surface area contributed by atoms with Gasteiger partial charge in [0.1, 0.15) is 5.82 Å². The van der Waals surface area contributed by atoms with E-state index in [1.54, 1.807) is 30.6 Å². The Kier molecular flexibility index (Phi) is 6.73. The van der Waals surface area contributed by atoms with Crippen molar-refractivity contribution in [3.8, 4) is 11.4 Å². The largest absolute Gasteiger partial charge is 0.372 e. The predicted molar refractivity (Wildman–Crippen MR) is 127 cm³/mol. The Balaban J connectivity index is 1.62. The molecule has 4 rings (SSSR count). The maximum atomic E-state index is 14.3. The van der Waals surface area contributed by atoms with Gasteiger partial charge >= 0.3 is 0 Å². The molecule has 33 heavy (non-hydrogen) atoms. The fourth-order valence-corrected chi connectivity index (χ4v) is 3.53. The van der Waals surface area contributed by atoms with Crippen LogP contribution in [0.5, 0.6) is 0 Å². The molecule has 0 aliphatic heterocycles. The number of carbonyl (C=O) groups is 1. The number of pyridine rings is 1. The molecule has 0 fully saturated rings. The highest BCUT2D eigenvalue weighted by Gasteiger charge is 2.21. The lowest BCUT2D eigenvalue weighted by Crippen LogP contribution is -2.21. The second-order valence-electron chi connectivity index (χ2n) is 7.39. The summed E-state index contributed by atoms with van der Waals surface area (Å²) < 4.78 is 15.4. The van der Waals surface area contributed by atoms with Crippen LogP contribution in [0.2, 0.25) is 0 Å². The third-order valence-corrected chi connectivity index (χ3v) is 5.34. The van der Waals surface area contributed by atoms with Crippen molar-refractivity contribution < 1.29 is 9.18 Å². The number of halogens is 1. The highest BCUT2D eigenvalue weighted by atomic mass is 19.1. The maximum absolute atomic E-state index is 14.3. The SMILES string of the molecule is CCN(CC)c1ccc(CNc2nc(-c3cccnc3)nn2C(=O)c2ccccc2F)cc1. The minimum absolute atomic E-state index is 0.0771. The third kappa shape index (κ3) is 4.90. The van der Waals surface area contributed by atoms with Gasteiger partial charge in [-0.25, -0.2) is 4.39 Å². The summed E-state index contributed by atoms with van der Waals surface area (Å²) in [5, 5.41) is 7.53. The van der Waals surface area contributed by atoms with Crippen molar-refractivity contribution >= 4 is 17.5 Å². The Morgan fingerprint density at radius 1 is 1.03 bits per heavy atom. The monoisotopic (exact) mass is 444 g/mol. The van der Waals surface area contributed by atoms with Crippen LogP contribution < -0.4 is 10.2 Å². The van der Waals surface area contributed by atoms with E-state index in [2.05, 4.69) is 51.3 Å². The molecule has 0 radical (unpaired) electrons. The molecule has 0 aliphatic rings. The maximum Gasteiger partial charge on any atom is 0.284 e. The molecule has 4 aromatic rings. The van der Waals surface area contributed by atoms with Gasteiger partial charge in [0.15, 0.2) is 5.82 Å². The first-order chi connectivity index (χ1) is 16.1. The zero-order valence-corrected chi connectivity index (χ0v) is 18.6. The summed E-state index contributed by atoms with van der Waals surface area (Å²) in [7, 11) is 0. The molecule has 2 heterocycles. The van der Waals surface area contributed by atoms with E-state index in [9.17, 15) is 9.18 Å². The van der Waals surface area contributed by atoms with Crippen LogP contribution in [0.1, 0.15) is 29.8 Å². The second-order valence-corrected chi connectivity index (χ2v) is 7.39. The fourth-order valence-electron chi connectivity index (χ4n) is 3.53. The summed E-state index contributed by atoms with van der Waals surface area (Å²) in [5.74, 6) is -0.656. The van der Waals surface area contributed by atoms with Crippen molar-refractivity contribution in [1.82, 2.24) is 19.7 Å². The molecule has 2 aromatic carbocycles. The number of aromatic nitrogens is 4. The molecule has 0 aliphatic carbocycles. The molecule has 7 nitrogen and oxygen atoms in total. The quantitative estimate of drug-likeness (QED) is 0.427. The number of carbonyl (C=O) groups excluding carboxylic acids is 1. The number of nitrogens with one attached hydrogen (secondary N) is 1. The van der Waals surface area contributed by atoms with E-state index >= 15 is 0 Å². The summed E-state index contributed by atoms with van der Waals surface area (Å²) in [4.78, 5) is 23.9. The number of rotatable bonds is 8. The second kappa shape index (κ2) is 10.0. The van der Waals surface area contributed by atoms with E-state index in [-0.39, 0.29) is 11.5 Å². The van der Waals surface area contributed by atoms with Crippen molar-refractivity contribution in [2.24, 2.45) is 0 Å². The normalized spacial score (nSPS) is 10.8. The smallest absolute Gasteiger partial charge is 0.284 e. The third-order valence-electron chi connectivity index (χ3n) is 5.34. The van der Waals surface area contributed by atoms with Crippen LogP contribution in [0.4, 0.5) is 16.0 Å². The van der Waals surface area contributed by atoms with Crippen LogP contribution in [0.3, 0.4) is 0 Å². The van der Waals surface area contributed by atoms with Crippen molar-refractivity contribution in [3.63, 3.8) is 0 Å². The highest BCUT2D eigenvalue weighted by Crippen LogP contribution is 2.20. The first-order valence-electron chi connectivity index (χ1n) is 10.8. The molecule has 2 aromatic heterocycles. The van der Waals surface area contributed by atoms with Gasteiger partial charge in [-0.3, -0.25) is 9.78 Å².